The monoisotopic (exact) mass is 506 g/mol. The number of aryl methyl sites for hydroxylation is 1. The van der Waals surface area contributed by atoms with Gasteiger partial charge >= 0.3 is 0 Å². The van der Waals surface area contributed by atoms with Crippen LogP contribution in [-0.4, -0.2) is 6.61 Å². The summed E-state index contributed by atoms with van der Waals surface area (Å²) in [5.74, 6) is -0.450. The molecule has 200 valence electrons. The number of halogens is 2. The van der Waals surface area contributed by atoms with Gasteiger partial charge in [0.1, 0.15) is 5.82 Å². The molecule has 0 bridgehead atoms. The van der Waals surface area contributed by atoms with Gasteiger partial charge in [-0.3, -0.25) is 0 Å². The van der Waals surface area contributed by atoms with E-state index >= 15 is 4.39 Å². The molecule has 0 aliphatic carbocycles. The Hall–Kier alpha value is -2.68. The van der Waals surface area contributed by atoms with E-state index in [1.165, 1.54) is 81.9 Å². The van der Waals surface area contributed by atoms with Gasteiger partial charge in [-0.15, -0.1) is 0 Å². The van der Waals surface area contributed by atoms with Crippen LogP contribution in [0.3, 0.4) is 0 Å². The highest BCUT2D eigenvalue weighted by atomic mass is 19.1. The Morgan fingerprint density at radius 1 is 0.541 bits per heavy atom. The van der Waals surface area contributed by atoms with Crippen LogP contribution in [0.4, 0.5) is 8.78 Å². The molecule has 3 heteroatoms. The number of rotatable bonds is 17. The summed E-state index contributed by atoms with van der Waals surface area (Å²) >= 11 is 0. The maximum atomic E-state index is 15.1. The van der Waals surface area contributed by atoms with Gasteiger partial charge < -0.3 is 4.74 Å². The Balaban J connectivity index is 1.53. The molecule has 0 N–H and O–H groups in total. The third-order valence-electron chi connectivity index (χ3n) is 7.07. The van der Waals surface area contributed by atoms with Crippen LogP contribution in [-0.2, 0) is 6.42 Å². The molecule has 0 saturated carbocycles. The first-order valence-corrected chi connectivity index (χ1v) is 14.4. The molecule has 0 fully saturated rings. The standard InChI is InChI=1S/C34H44F2O/c1-3-5-7-9-11-13-15-27-16-18-28(19-17-27)31-22-20-29(25-32(31)35)30-21-23-34(33(36)26-30)37-24-14-12-10-8-6-4-2/h16-23,25-26H,3-15,24H2,1-2H3. The zero-order valence-electron chi connectivity index (χ0n) is 22.8. The zero-order chi connectivity index (χ0) is 26.3. The molecule has 0 radical (unpaired) electrons. The van der Waals surface area contributed by atoms with Crippen LogP contribution in [0.25, 0.3) is 22.3 Å². The Morgan fingerprint density at radius 2 is 1.08 bits per heavy atom. The maximum Gasteiger partial charge on any atom is 0.165 e. The average Bonchev–Trinajstić information content (AvgIpc) is 2.91. The van der Waals surface area contributed by atoms with Crippen LogP contribution in [0, 0.1) is 11.6 Å². The first-order valence-electron chi connectivity index (χ1n) is 14.4. The molecule has 0 aromatic heterocycles. The summed E-state index contributed by atoms with van der Waals surface area (Å²) in [6, 6.07) is 18.2. The number of hydrogen-bond acceptors (Lipinski definition) is 1. The Kier molecular flexibility index (Phi) is 12.7. The van der Waals surface area contributed by atoms with Crippen molar-refractivity contribution in [1.82, 2.24) is 0 Å². The van der Waals surface area contributed by atoms with Gasteiger partial charge in [-0.05, 0) is 59.7 Å². The van der Waals surface area contributed by atoms with Gasteiger partial charge in [-0.2, -0.15) is 0 Å². The Morgan fingerprint density at radius 3 is 1.70 bits per heavy atom. The fourth-order valence-electron chi connectivity index (χ4n) is 4.75. The lowest BCUT2D eigenvalue weighted by atomic mass is 9.97. The van der Waals surface area contributed by atoms with Gasteiger partial charge in [-0.25, -0.2) is 8.78 Å². The first-order chi connectivity index (χ1) is 18.1. The lowest BCUT2D eigenvalue weighted by Crippen LogP contribution is -1.99. The second-order valence-electron chi connectivity index (χ2n) is 10.2. The van der Waals surface area contributed by atoms with Gasteiger partial charge in [0.2, 0.25) is 0 Å². The van der Waals surface area contributed by atoms with E-state index in [1.807, 2.05) is 18.2 Å². The summed E-state index contributed by atoms with van der Waals surface area (Å²) in [5, 5.41) is 0. The number of unbranched alkanes of at least 4 members (excludes halogenated alkanes) is 10. The zero-order valence-corrected chi connectivity index (χ0v) is 22.8. The largest absolute Gasteiger partial charge is 0.491 e. The van der Waals surface area contributed by atoms with E-state index in [1.54, 1.807) is 18.2 Å². The summed E-state index contributed by atoms with van der Waals surface area (Å²) in [5.41, 5.74) is 4.02. The molecule has 0 aliphatic rings. The molecule has 0 aliphatic heterocycles. The summed E-state index contributed by atoms with van der Waals surface area (Å²) in [6.45, 7) is 4.96. The fourth-order valence-corrected chi connectivity index (χ4v) is 4.75. The van der Waals surface area contributed by atoms with Crippen LogP contribution in [0.15, 0.2) is 60.7 Å². The van der Waals surface area contributed by atoms with Crippen molar-refractivity contribution in [3.05, 3.63) is 77.9 Å². The molecule has 3 rings (SSSR count). The molecular formula is C34H44F2O. The lowest BCUT2D eigenvalue weighted by molar-refractivity contribution is 0.290. The summed E-state index contributed by atoms with van der Waals surface area (Å²) < 4.78 is 35.3. The van der Waals surface area contributed by atoms with Gasteiger partial charge in [-0.1, -0.05) is 121 Å². The molecule has 0 unspecified atom stereocenters. The molecular weight excluding hydrogens is 462 g/mol. The van der Waals surface area contributed by atoms with Crippen molar-refractivity contribution >= 4 is 0 Å². The predicted octanol–water partition coefficient (Wildman–Crippen LogP) is 10.9. The minimum Gasteiger partial charge on any atom is -0.491 e. The highest BCUT2D eigenvalue weighted by Crippen LogP contribution is 2.30. The van der Waals surface area contributed by atoms with E-state index in [0.29, 0.717) is 23.3 Å². The second-order valence-corrected chi connectivity index (χ2v) is 10.2. The summed E-state index contributed by atoms with van der Waals surface area (Å²) in [6.07, 6.45) is 15.7. The van der Waals surface area contributed by atoms with Crippen molar-refractivity contribution in [2.75, 3.05) is 6.61 Å². The van der Waals surface area contributed by atoms with E-state index in [2.05, 4.69) is 26.0 Å². The van der Waals surface area contributed by atoms with Crippen molar-refractivity contribution < 1.29 is 13.5 Å². The topological polar surface area (TPSA) is 9.23 Å². The van der Waals surface area contributed by atoms with E-state index in [-0.39, 0.29) is 11.6 Å². The quantitative estimate of drug-likeness (QED) is 0.165. The smallest absolute Gasteiger partial charge is 0.165 e. The van der Waals surface area contributed by atoms with E-state index in [9.17, 15) is 4.39 Å². The van der Waals surface area contributed by atoms with Gasteiger partial charge in [0.05, 0.1) is 6.61 Å². The highest BCUT2D eigenvalue weighted by Gasteiger charge is 2.11. The van der Waals surface area contributed by atoms with Crippen molar-refractivity contribution in [2.24, 2.45) is 0 Å². The molecule has 0 heterocycles. The molecule has 0 saturated heterocycles. The van der Waals surface area contributed by atoms with Crippen molar-refractivity contribution in [3.8, 4) is 28.0 Å². The van der Waals surface area contributed by atoms with Crippen LogP contribution in [0.5, 0.6) is 5.75 Å². The fraction of sp³-hybridized carbons (Fsp3) is 0.471. The second kappa shape index (κ2) is 16.2. The van der Waals surface area contributed by atoms with Gasteiger partial charge in [0.25, 0.3) is 0 Å². The van der Waals surface area contributed by atoms with Crippen LogP contribution >= 0.6 is 0 Å². The predicted molar refractivity (Wildman–Crippen MR) is 153 cm³/mol. The SMILES string of the molecule is CCCCCCCCOc1ccc(-c2ccc(-c3ccc(CCCCCCCC)cc3)c(F)c2)cc1F. The number of hydrogen-bond donors (Lipinski definition) is 0. The van der Waals surface area contributed by atoms with Crippen LogP contribution in [0.1, 0.15) is 96.5 Å². The molecule has 0 amide bonds. The summed E-state index contributed by atoms with van der Waals surface area (Å²) in [4.78, 5) is 0. The molecule has 1 nitrogen and oxygen atoms in total. The molecule has 37 heavy (non-hydrogen) atoms. The number of benzene rings is 3. The van der Waals surface area contributed by atoms with Crippen molar-refractivity contribution in [2.45, 2.75) is 97.3 Å². The maximum absolute atomic E-state index is 15.1. The summed E-state index contributed by atoms with van der Waals surface area (Å²) in [7, 11) is 0. The highest BCUT2D eigenvalue weighted by molar-refractivity contribution is 5.71. The third kappa shape index (κ3) is 9.61. The van der Waals surface area contributed by atoms with Crippen LogP contribution in [0.2, 0.25) is 0 Å². The van der Waals surface area contributed by atoms with Crippen molar-refractivity contribution in [3.63, 3.8) is 0 Å². The lowest BCUT2D eigenvalue weighted by Gasteiger charge is -2.11. The molecule has 3 aromatic rings. The van der Waals surface area contributed by atoms with E-state index in [4.69, 9.17) is 4.74 Å². The third-order valence-corrected chi connectivity index (χ3v) is 7.07. The van der Waals surface area contributed by atoms with E-state index < -0.39 is 5.82 Å². The minimum atomic E-state index is -0.408. The van der Waals surface area contributed by atoms with Crippen LogP contribution < -0.4 is 4.74 Å². The Labute approximate surface area is 223 Å². The first kappa shape index (κ1) is 28.9. The Bertz CT molecular complexity index is 1060. The minimum absolute atomic E-state index is 0.260. The van der Waals surface area contributed by atoms with Gasteiger partial charge in [0.15, 0.2) is 11.6 Å². The normalized spacial score (nSPS) is 11.1. The average molecular weight is 507 g/mol. The van der Waals surface area contributed by atoms with Crippen molar-refractivity contribution in [1.29, 1.82) is 0 Å². The molecule has 0 spiro atoms. The van der Waals surface area contributed by atoms with E-state index in [0.717, 1.165) is 24.8 Å². The van der Waals surface area contributed by atoms with Gasteiger partial charge in [0, 0.05) is 5.56 Å². The number of ether oxygens (including phenoxy) is 1. The molecule has 3 aromatic carbocycles. The molecule has 0 atom stereocenters.